The van der Waals surface area contributed by atoms with Gasteiger partial charge in [-0.15, -0.1) is 0 Å². The van der Waals surface area contributed by atoms with E-state index < -0.39 is 11.2 Å². The number of benzene rings is 1. The number of aromatic hydroxyl groups is 1. The number of rotatable bonds is 2. The number of nitrogens with one attached hydrogen (secondary N) is 1. The maximum Gasteiger partial charge on any atom is 0.331 e. The van der Waals surface area contributed by atoms with Crippen LogP contribution in [-0.2, 0) is 0 Å². The van der Waals surface area contributed by atoms with E-state index >= 15 is 0 Å². The SMILES string of the molecule is O=c1[nH]c(=O)n(C2CCCCC2)c(O)c1-c1ccccc1. The van der Waals surface area contributed by atoms with Crippen molar-refractivity contribution in [2.45, 2.75) is 38.1 Å². The second-order valence-corrected chi connectivity index (χ2v) is 5.49. The Labute approximate surface area is 121 Å². The molecule has 0 amide bonds. The Balaban J connectivity index is 2.18. The minimum Gasteiger partial charge on any atom is -0.494 e. The molecule has 1 saturated carbocycles. The first-order valence-corrected chi connectivity index (χ1v) is 7.31. The maximum absolute atomic E-state index is 12.1. The lowest BCUT2D eigenvalue weighted by molar-refractivity contribution is 0.300. The average Bonchev–Trinajstić information content (AvgIpc) is 2.49. The second kappa shape index (κ2) is 5.60. The Morgan fingerprint density at radius 1 is 1.05 bits per heavy atom. The van der Waals surface area contributed by atoms with Crippen molar-refractivity contribution in [1.82, 2.24) is 9.55 Å². The highest BCUT2D eigenvalue weighted by Gasteiger charge is 2.23. The third kappa shape index (κ3) is 2.51. The van der Waals surface area contributed by atoms with Crippen molar-refractivity contribution in [1.29, 1.82) is 0 Å². The fraction of sp³-hybridized carbons (Fsp3) is 0.375. The number of hydrogen-bond donors (Lipinski definition) is 2. The van der Waals surface area contributed by atoms with Crippen LogP contribution in [0.3, 0.4) is 0 Å². The average molecular weight is 286 g/mol. The van der Waals surface area contributed by atoms with Gasteiger partial charge < -0.3 is 5.11 Å². The molecule has 0 bridgehead atoms. The Morgan fingerprint density at radius 3 is 2.38 bits per heavy atom. The summed E-state index contributed by atoms with van der Waals surface area (Å²) in [4.78, 5) is 26.5. The molecule has 1 aliphatic rings. The van der Waals surface area contributed by atoms with Crippen LogP contribution in [0.25, 0.3) is 11.1 Å². The standard InChI is InChI=1S/C16H18N2O3/c19-14-13(11-7-3-1-4-8-11)15(20)18(16(21)17-14)12-9-5-2-6-10-12/h1,3-4,7-8,12,20H,2,5-6,9-10H2,(H,17,19,21). The molecule has 5 nitrogen and oxygen atoms in total. The van der Waals surface area contributed by atoms with E-state index in [-0.39, 0.29) is 17.5 Å². The van der Waals surface area contributed by atoms with Gasteiger partial charge in [-0.05, 0) is 18.4 Å². The van der Waals surface area contributed by atoms with Crippen LogP contribution in [0.1, 0.15) is 38.1 Å². The highest BCUT2D eigenvalue weighted by molar-refractivity contribution is 5.67. The van der Waals surface area contributed by atoms with Crippen LogP contribution >= 0.6 is 0 Å². The molecule has 0 radical (unpaired) electrons. The summed E-state index contributed by atoms with van der Waals surface area (Å²) in [5, 5.41) is 10.5. The summed E-state index contributed by atoms with van der Waals surface area (Å²) in [5.41, 5.74) is -0.290. The third-order valence-corrected chi connectivity index (χ3v) is 4.12. The molecule has 5 heteroatoms. The van der Waals surface area contributed by atoms with Crippen molar-refractivity contribution < 1.29 is 5.11 Å². The normalized spacial score (nSPS) is 16.0. The van der Waals surface area contributed by atoms with E-state index in [1.165, 1.54) is 4.57 Å². The lowest BCUT2D eigenvalue weighted by Gasteiger charge is -2.25. The van der Waals surface area contributed by atoms with Crippen LogP contribution in [0.4, 0.5) is 0 Å². The van der Waals surface area contributed by atoms with Crippen LogP contribution in [-0.4, -0.2) is 14.7 Å². The summed E-state index contributed by atoms with van der Waals surface area (Å²) >= 11 is 0. The van der Waals surface area contributed by atoms with E-state index in [9.17, 15) is 14.7 Å². The largest absolute Gasteiger partial charge is 0.494 e. The zero-order chi connectivity index (χ0) is 14.8. The molecule has 2 aromatic rings. The van der Waals surface area contributed by atoms with Gasteiger partial charge in [-0.1, -0.05) is 49.6 Å². The molecule has 0 aliphatic heterocycles. The van der Waals surface area contributed by atoms with Gasteiger partial charge in [0, 0.05) is 6.04 Å². The maximum atomic E-state index is 12.1. The smallest absolute Gasteiger partial charge is 0.331 e. The van der Waals surface area contributed by atoms with Crippen molar-refractivity contribution in [2.75, 3.05) is 0 Å². The summed E-state index contributed by atoms with van der Waals surface area (Å²) in [6.07, 6.45) is 4.94. The Bertz CT molecular complexity index is 740. The fourth-order valence-electron chi connectivity index (χ4n) is 3.08. The van der Waals surface area contributed by atoms with Gasteiger partial charge in [0.15, 0.2) is 0 Å². The Kier molecular flexibility index (Phi) is 3.64. The molecule has 3 rings (SSSR count). The molecule has 1 fully saturated rings. The number of H-pyrrole nitrogens is 1. The van der Waals surface area contributed by atoms with Gasteiger partial charge in [0.25, 0.3) is 5.56 Å². The molecule has 1 heterocycles. The van der Waals surface area contributed by atoms with Crippen LogP contribution in [0, 0.1) is 0 Å². The van der Waals surface area contributed by atoms with Gasteiger partial charge in [0.1, 0.15) is 5.56 Å². The number of hydrogen-bond acceptors (Lipinski definition) is 3. The molecule has 21 heavy (non-hydrogen) atoms. The molecule has 0 unspecified atom stereocenters. The van der Waals surface area contributed by atoms with E-state index in [2.05, 4.69) is 4.98 Å². The molecular formula is C16H18N2O3. The molecule has 0 saturated heterocycles. The van der Waals surface area contributed by atoms with E-state index in [0.717, 1.165) is 32.1 Å². The van der Waals surface area contributed by atoms with Crippen LogP contribution in [0.2, 0.25) is 0 Å². The lowest BCUT2D eigenvalue weighted by Crippen LogP contribution is -2.34. The highest BCUT2D eigenvalue weighted by Crippen LogP contribution is 2.32. The first kappa shape index (κ1) is 13.7. The minimum absolute atomic E-state index is 0.0365. The van der Waals surface area contributed by atoms with Gasteiger partial charge >= 0.3 is 5.69 Å². The molecule has 0 atom stereocenters. The van der Waals surface area contributed by atoms with Gasteiger partial charge in [-0.2, -0.15) is 0 Å². The minimum atomic E-state index is -0.546. The Morgan fingerprint density at radius 2 is 1.71 bits per heavy atom. The van der Waals surface area contributed by atoms with E-state index in [1.54, 1.807) is 24.3 Å². The topological polar surface area (TPSA) is 75.1 Å². The summed E-state index contributed by atoms with van der Waals surface area (Å²) in [6.45, 7) is 0. The lowest BCUT2D eigenvalue weighted by atomic mass is 9.95. The fourth-order valence-corrected chi connectivity index (χ4v) is 3.08. The van der Waals surface area contributed by atoms with Gasteiger partial charge in [0.05, 0.1) is 0 Å². The van der Waals surface area contributed by atoms with Crippen molar-refractivity contribution in [3.63, 3.8) is 0 Å². The van der Waals surface area contributed by atoms with Crippen LogP contribution in [0.5, 0.6) is 5.88 Å². The molecule has 2 N–H and O–H groups in total. The summed E-state index contributed by atoms with van der Waals surface area (Å²) in [5.74, 6) is -0.221. The van der Waals surface area contributed by atoms with E-state index in [1.807, 2.05) is 6.07 Å². The zero-order valence-electron chi connectivity index (χ0n) is 11.7. The predicted molar refractivity (Wildman–Crippen MR) is 80.5 cm³/mol. The second-order valence-electron chi connectivity index (χ2n) is 5.49. The molecule has 1 aromatic heterocycles. The van der Waals surface area contributed by atoms with Crippen molar-refractivity contribution >= 4 is 0 Å². The first-order chi connectivity index (χ1) is 10.2. The van der Waals surface area contributed by atoms with E-state index in [4.69, 9.17) is 0 Å². The number of nitrogens with zero attached hydrogens (tertiary/aromatic N) is 1. The van der Waals surface area contributed by atoms with Crippen LogP contribution in [0.15, 0.2) is 39.9 Å². The Hall–Kier alpha value is -2.30. The van der Waals surface area contributed by atoms with Crippen molar-refractivity contribution in [3.05, 3.63) is 51.2 Å². The monoisotopic (exact) mass is 286 g/mol. The molecule has 0 spiro atoms. The number of aromatic nitrogens is 2. The van der Waals surface area contributed by atoms with E-state index in [0.29, 0.717) is 5.56 Å². The zero-order valence-corrected chi connectivity index (χ0v) is 11.7. The molecule has 1 aliphatic carbocycles. The van der Waals surface area contributed by atoms with Gasteiger partial charge in [-0.3, -0.25) is 14.3 Å². The molecular weight excluding hydrogens is 268 g/mol. The quantitative estimate of drug-likeness (QED) is 0.890. The summed E-state index contributed by atoms with van der Waals surface area (Å²) < 4.78 is 1.35. The summed E-state index contributed by atoms with van der Waals surface area (Å²) in [7, 11) is 0. The predicted octanol–water partition coefficient (Wildman–Crippen LogP) is 2.41. The van der Waals surface area contributed by atoms with Crippen molar-refractivity contribution in [2.24, 2.45) is 0 Å². The van der Waals surface area contributed by atoms with Crippen molar-refractivity contribution in [3.8, 4) is 17.0 Å². The van der Waals surface area contributed by atoms with Gasteiger partial charge in [0.2, 0.25) is 5.88 Å². The number of aromatic amines is 1. The first-order valence-electron chi connectivity index (χ1n) is 7.31. The third-order valence-electron chi connectivity index (χ3n) is 4.12. The summed E-state index contributed by atoms with van der Waals surface area (Å²) in [6, 6.07) is 8.89. The van der Waals surface area contributed by atoms with Crippen LogP contribution < -0.4 is 11.2 Å². The van der Waals surface area contributed by atoms with Gasteiger partial charge in [-0.25, -0.2) is 4.79 Å². The highest BCUT2D eigenvalue weighted by atomic mass is 16.3. The molecule has 110 valence electrons. The molecule has 1 aromatic carbocycles.